The molecule has 2 N–H and O–H groups in total. The predicted molar refractivity (Wildman–Crippen MR) is 54.4 cm³/mol. The molecule has 2 aromatic rings. The molecule has 0 aliphatic heterocycles. The number of carboxylic acids is 1. The van der Waals surface area contributed by atoms with Crippen molar-refractivity contribution in [2.24, 2.45) is 0 Å². The summed E-state index contributed by atoms with van der Waals surface area (Å²) >= 11 is 0. The number of aromatic nitrogens is 1. The molecule has 0 aliphatic rings. The van der Waals surface area contributed by atoms with Gasteiger partial charge in [-0.2, -0.15) is 0 Å². The molecule has 1 aromatic heterocycles. The molecule has 0 bridgehead atoms. The van der Waals surface area contributed by atoms with E-state index in [1.165, 1.54) is 0 Å². The second-order valence-electron chi connectivity index (χ2n) is 3.44. The molecule has 0 radical (unpaired) electrons. The lowest BCUT2D eigenvalue weighted by Crippen LogP contribution is -1.99. The lowest BCUT2D eigenvalue weighted by atomic mass is 10.1. The molecule has 1 heterocycles. The zero-order chi connectivity index (χ0) is 10.1. The number of fused-ring (bicyclic) bond motifs is 1. The number of H-pyrrole nitrogens is 1. The first-order valence-electron chi connectivity index (χ1n) is 4.45. The Morgan fingerprint density at radius 1 is 1.43 bits per heavy atom. The van der Waals surface area contributed by atoms with Gasteiger partial charge in [-0.05, 0) is 36.1 Å². The minimum atomic E-state index is -0.795. The second-order valence-corrected chi connectivity index (χ2v) is 3.44. The van der Waals surface area contributed by atoms with Crippen LogP contribution in [0.4, 0.5) is 0 Å². The molecule has 0 unspecified atom stereocenters. The van der Waals surface area contributed by atoms with Crippen LogP contribution in [0, 0.1) is 6.92 Å². The number of aryl methyl sites for hydroxylation is 1. The quantitative estimate of drug-likeness (QED) is 0.760. The van der Waals surface area contributed by atoms with E-state index in [0.29, 0.717) is 0 Å². The molecule has 0 saturated heterocycles. The number of aromatic amines is 1. The Hall–Kier alpha value is -1.77. The Morgan fingerprint density at radius 3 is 2.93 bits per heavy atom. The Labute approximate surface area is 81.4 Å². The summed E-state index contributed by atoms with van der Waals surface area (Å²) in [5.74, 6) is -0.795. The summed E-state index contributed by atoms with van der Waals surface area (Å²) in [6, 6.07) is 7.68. The van der Waals surface area contributed by atoms with Gasteiger partial charge in [-0.3, -0.25) is 4.79 Å². The van der Waals surface area contributed by atoms with Crippen LogP contribution in [0.25, 0.3) is 10.9 Å². The van der Waals surface area contributed by atoms with Crippen molar-refractivity contribution in [3.05, 3.63) is 35.5 Å². The van der Waals surface area contributed by atoms with Gasteiger partial charge in [0.15, 0.2) is 0 Å². The first-order chi connectivity index (χ1) is 6.65. The van der Waals surface area contributed by atoms with Crippen molar-refractivity contribution in [3.63, 3.8) is 0 Å². The number of aliphatic carboxylic acids is 1. The van der Waals surface area contributed by atoms with Crippen molar-refractivity contribution >= 4 is 16.9 Å². The summed E-state index contributed by atoms with van der Waals surface area (Å²) in [4.78, 5) is 13.7. The first-order valence-corrected chi connectivity index (χ1v) is 4.45. The number of hydrogen-bond acceptors (Lipinski definition) is 1. The molecule has 2 rings (SSSR count). The largest absolute Gasteiger partial charge is 0.481 e. The Kier molecular flexibility index (Phi) is 2.00. The van der Waals surface area contributed by atoms with Crippen molar-refractivity contribution in [2.75, 3.05) is 0 Å². The van der Waals surface area contributed by atoms with Gasteiger partial charge in [-0.15, -0.1) is 0 Å². The van der Waals surface area contributed by atoms with E-state index in [9.17, 15) is 4.79 Å². The third-order valence-corrected chi connectivity index (χ3v) is 2.18. The summed E-state index contributed by atoms with van der Waals surface area (Å²) in [5, 5.41) is 9.71. The van der Waals surface area contributed by atoms with Crippen LogP contribution in [-0.2, 0) is 11.2 Å². The van der Waals surface area contributed by atoms with Crippen LogP contribution in [0.2, 0.25) is 0 Å². The van der Waals surface area contributed by atoms with Gasteiger partial charge in [0, 0.05) is 11.2 Å². The monoisotopic (exact) mass is 189 g/mol. The Balaban J connectivity index is 2.45. The van der Waals surface area contributed by atoms with Gasteiger partial charge in [0.1, 0.15) is 0 Å². The maximum Gasteiger partial charge on any atom is 0.307 e. The molecule has 72 valence electrons. The smallest absolute Gasteiger partial charge is 0.307 e. The van der Waals surface area contributed by atoms with Crippen LogP contribution in [0.5, 0.6) is 0 Å². The zero-order valence-electron chi connectivity index (χ0n) is 7.87. The maximum atomic E-state index is 10.5. The summed E-state index contributed by atoms with van der Waals surface area (Å²) in [5.41, 5.74) is 2.98. The van der Waals surface area contributed by atoms with Gasteiger partial charge in [-0.25, -0.2) is 0 Å². The van der Waals surface area contributed by atoms with Gasteiger partial charge in [-0.1, -0.05) is 6.07 Å². The molecule has 0 amide bonds. The predicted octanol–water partition coefficient (Wildman–Crippen LogP) is 2.10. The lowest BCUT2D eigenvalue weighted by Gasteiger charge is -1.96. The second kappa shape index (κ2) is 3.18. The van der Waals surface area contributed by atoms with E-state index in [1.807, 2.05) is 31.2 Å². The minimum absolute atomic E-state index is 0.0835. The Bertz CT molecular complexity index is 485. The molecular formula is C11H11NO2. The van der Waals surface area contributed by atoms with Crippen LogP contribution in [-0.4, -0.2) is 16.1 Å². The van der Waals surface area contributed by atoms with Crippen molar-refractivity contribution in [1.82, 2.24) is 4.98 Å². The number of hydrogen-bond donors (Lipinski definition) is 2. The zero-order valence-corrected chi connectivity index (χ0v) is 7.87. The number of carboxylic acid groups (broad SMARTS) is 1. The fourth-order valence-electron chi connectivity index (χ4n) is 1.61. The number of benzene rings is 1. The molecule has 0 aliphatic carbocycles. The molecule has 0 atom stereocenters. The summed E-state index contributed by atoms with van der Waals surface area (Å²) in [6.45, 7) is 1.98. The molecule has 0 saturated carbocycles. The maximum absolute atomic E-state index is 10.5. The molecule has 1 aromatic carbocycles. The molecular weight excluding hydrogens is 178 g/mol. The van der Waals surface area contributed by atoms with Crippen molar-refractivity contribution in [3.8, 4) is 0 Å². The number of rotatable bonds is 2. The summed E-state index contributed by atoms with van der Waals surface area (Å²) in [6.07, 6.45) is 0.0835. The van der Waals surface area contributed by atoms with E-state index >= 15 is 0 Å². The fourth-order valence-corrected chi connectivity index (χ4v) is 1.61. The van der Waals surface area contributed by atoms with E-state index < -0.39 is 5.97 Å². The van der Waals surface area contributed by atoms with Crippen LogP contribution in [0.15, 0.2) is 24.3 Å². The van der Waals surface area contributed by atoms with Crippen molar-refractivity contribution in [2.45, 2.75) is 13.3 Å². The topological polar surface area (TPSA) is 53.1 Å². The van der Waals surface area contributed by atoms with E-state index in [-0.39, 0.29) is 6.42 Å². The summed E-state index contributed by atoms with van der Waals surface area (Å²) < 4.78 is 0. The molecule has 0 fully saturated rings. The first kappa shape index (κ1) is 8.81. The third kappa shape index (κ3) is 1.62. The van der Waals surface area contributed by atoms with Gasteiger partial charge in [0.25, 0.3) is 0 Å². The minimum Gasteiger partial charge on any atom is -0.481 e. The third-order valence-electron chi connectivity index (χ3n) is 2.18. The average Bonchev–Trinajstić information content (AvgIpc) is 2.42. The van der Waals surface area contributed by atoms with Crippen LogP contribution < -0.4 is 0 Å². The normalized spacial score (nSPS) is 10.6. The lowest BCUT2D eigenvalue weighted by molar-refractivity contribution is -0.136. The molecule has 3 nitrogen and oxygen atoms in total. The van der Waals surface area contributed by atoms with Crippen LogP contribution >= 0.6 is 0 Å². The molecule has 3 heteroatoms. The van der Waals surface area contributed by atoms with Gasteiger partial charge in [0.05, 0.1) is 6.42 Å². The van der Waals surface area contributed by atoms with E-state index in [2.05, 4.69) is 4.98 Å². The SMILES string of the molecule is Cc1cc2cc(CC(=O)O)ccc2[nH]1. The fraction of sp³-hybridized carbons (Fsp3) is 0.182. The highest BCUT2D eigenvalue weighted by atomic mass is 16.4. The van der Waals surface area contributed by atoms with E-state index in [4.69, 9.17) is 5.11 Å². The highest BCUT2D eigenvalue weighted by molar-refractivity contribution is 5.82. The highest BCUT2D eigenvalue weighted by Crippen LogP contribution is 2.17. The Morgan fingerprint density at radius 2 is 2.21 bits per heavy atom. The van der Waals surface area contributed by atoms with Crippen molar-refractivity contribution < 1.29 is 9.90 Å². The highest BCUT2D eigenvalue weighted by Gasteiger charge is 2.02. The van der Waals surface area contributed by atoms with E-state index in [0.717, 1.165) is 22.2 Å². The molecule has 0 spiro atoms. The van der Waals surface area contributed by atoms with Crippen molar-refractivity contribution in [1.29, 1.82) is 0 Å². The summed E-state index contributed by atoms with van der Waals surface area (Å²) in [7, 11) is 0. The van der Waals surface area contributed by atoms with Crippen LogP contribution in [0.3, 0.4) is 0 Å². The van der Waals surface area contributed by atoms with Crippen LogP contribution in [0.1, 0.15) is 11.3 Å². The number of carbonyl (C=O) groups is 1. The average molecular weight is 189 g/mol. The van der Waals surface area contributed by atoms with Gasteiger partial charge in [0.2, 0.25) is 0 Å². The van der Waals surface area contributed by atoms with Gasteiger partial charge >= 0.3 is 5.97 Å². The van der Waals surface area contributed by atoms with E-state index in [1.54, 1.807) is 0 Å². The van der Waals surface area contributed by atoms with Gasteiger partial charge < -0.3 is 10.1 Å². The standard InChI is InChI=1S/C11H11NO2/c1-7-4-9-5-8(6-11(13)14)2-3-10(9)12-7/h2-5,12H,6H2,1H3,(H,13,14). The number of nitrogens with one attached hydrogen (secondary N) is 1. The molecule has 14 heavy (non-hydrogen) atoms.